The van der Waals surface area contributed by atoms with Crippen molar-refractivity contribution >= 4 is 27.6 Å². The van der Waals surface area contributed by atoms with E-state index in [0.29, 0.717) is 16.1 Å². The van der Waals surface area contributed by atoms with Gasteiger partial charge in [-0.2, -0.15) is 0 Å². The van der Waals surface area contributed by atoms with E-state index >= 15 is 0 Å². The van der Waals surface area contributed by atoms with Crippen molar-refractivity contribution in [1.82, 2.24) is 9.88 Å². The van der Waals surface area contributed by atoms with E-state index < -0.39 is 6.04 Å². The Morgan fingerprint density at radius 1 is 1.30 bits per heavy atom. The third-order valence-corrected chi connectivity index (χ3v) is 5.81. The van der Waals surface area contributed by atoms with Crippen LogP contribution in [0, 0.1) is 5.92 Å². The largest absolute Gasteiger partial charge is 0.483 e. The van der Waals surface area contributed by atoms with E-state index in [1.807, 2.05) is 18.2 Å². The van der Waals surface area contributed by atoms with Crippen LogP contribution in [0.3, 0.4) is 0 Å². The van der Waals surface area contributed by atoms with Gasteiger partial charge in [-0.25, -0.2) is 0 Å². The van der Waals surface area contributed by atoms with Crippen molar-refractivity contribution in [2.75, 3.05) is 7.05 Å². The second-order valence-electron chi connectivity index (χ2n) is 6.35. The number of ketones is 1. The number of halogens is 1. The van der Waals surface area contributed by atoms with Crippen LogP contribution < -0.4 is 0 Å². The topological polar surface area (TPSA) is 59.5 Å². The standard InChI is InChI=1S/C17H17BrN2O3/c1-20-14(11-4-2-3-7-19-11)13-15(21)10-8-9(18)5-6-12(10)23-16(13)17(20)22/h2-4,7,9-10,12,14H,5-6,8H2,1H3. The molecule has 0 aromatic carbocycles. The normalized spacial score (nSPS) is 33.4. The van der Waals surface area contributed by atoms with Gasteiger partial charge in [0.25, 0.3) is 5.91 Å². The number of carbonyl (C=O) groups is 2. The van der Waals surface area contributed by atoms with Gasteiger partial charge < -0.3 is 9.64 Å². The minimum absolute atomic E-state index is 0.0498. The van der Waals surface area contributed by atoms with Gasteiger partial charge in [0.15, 0.2) is 11.5 Å². The Labute approximate surface area is 142 Å². The van der Waals surface area contributed by atoms with Crippen LogP contribution in [0.1, 0.15) is 31.0 Å². The van der Waals surface area contributed by atoms with E-state index in [-0.39, 0.29) is 29.5 Å². The molecule has 1 aromatic rings. The zero-order valence-electron chi connectivity index (χ0n) is 12.7. The van der Waals surface area contributed by atoms with Gasteiger partial charge in [-0.3, -0.25) is 14.6 Å². The van der Waals surface area contributed by atoms with Crippen LogP contribution in [0.25, 0.3) is 0 Å². The molecule has 3 aliphatic rings. The monoisotopic (exact) mass is 376 g/mol. The molecule has 0 spiro atoms. The number of hydrogen-bond donors (Lipinski definition) is 0. The number of hydrogen-bond acceptors (Lipinski definition) is 4. The number of rotatable bonds is 1. The summed E-state index contributed by atoms with van der Waals surface area (Å²) in [5.74, 6) is -0.100. The molecule has 23 heavy (non-hydrogen) atoms. The second-order valence-corrected chi connectivity index (χ2v) is 7.65. The van der Waals surface area contributed by atoms with Crippen LogP contribution in [0.2, 0.25) is 0 Å². The lowest BCUT2D eigenvalue weighted by Crippen LogP contribution is -2.41. The van der Waals surface area contributed by atoms with Crippen molar-refractivity contribution < 1.29 is 14.3 Å². The number of carbonyl (C=O) groups excluding carboxylic acids is 2. The van der Waals surface area contributed by atoms with Crippen LogP contribution >= 0.6 is 15.9 Å². The molecule has 0 bridgehead atoms. The van der Waals surface area contributed by atoms with E-state index in [0.717, 1.165) is 19.3 Å². The zero-order chi connectivity index (χ0) is 16.1. The molecule has 4 atom stereocenters. The first-order chi connectivity index (χ1) is 11.1. The second kappa shape index (κ2) is 5.44. The first kappa shape index (κ1) is 14.9. The van der Waals surface area contributed by atoms with E-state index in [1.54, 1.807) is 18.1 Å². The van der Waals surface area contributed by atoms with Crippen LogP contribution in [0.5, 0.6) is 0 Å². The van der Waals surface area contributed by atoms with Crippen LogP contribution in [-0.2, 0) is 14.3 Å². The molecule has 4 rings (SSSR count). The van der Waals surface area contributed by atoms with Crippen LogP contribution in [-0.4, -0.2) is 39.6 Å². The van der Waals surface area contributed by atoms with Crippen molar-refractivity contribution in [3.63, 3.8) is 0 Å². The lowest BCUT2D eigenvalue weighted by Gasteiger charge is -2.37. The summed E-state index contributed by atoms with van der Waals surface area (Å²) in [6.07, 6.45) is 4.03. The van der Waals surface area contributed by atoms with Crippen molar-refractivity contribution in [2.45, 2.75) is 36.2 Å². The van der Waals surface area contributed by atoms with Gasteiger partial charge >= 0.3 is 0 Å². The quantitative estimate of drug-likeness (QED) is 0.706. The molecular weight excluding hydrogens is 360 g/mol. The smallest absolute Gasteiger partial charge is 0.290 e. The summed E-state index contributed by atoms with van der Waals surface area (Å²) in [6, 6.07) is 5.09. The summed E-state index contributed by atoms with van der Waals surface area (Å²) in [5, 5.41) is 0. The van der Waals surface area contributed by atoms with Gasteiger partial charge in [-0.1, -0.05) is 22.0 Å². The Balaban J connectivity index is 1.78. The first-order valence-electron chi connectivity index (χ1n) is 7.85. The summed E-state index contributed by atoms with van der Waals surface area (Å²) >= 11 is 3.62. The number of nitrogens with zero attached hydrogens (tertiary/aromatic N) is 2. The molecule has 1 amide bonds. The SMILES string of the molecule is CN1C(=O)C2=C(C(=O)C3CC(Br)CCC3O2)C1c1ccccn1. The lowest BCUT2D eigenvalue weighted by molar-refractivity contribution is -0.134. The van der Waals surface area contributed by atoms with Crippen molar-refractivity contribution in [3.8, 4) is 0 Å². The average molecular weight is 377 g/mol. The van der Waals surface area contributed by atoms with Crippen molar-refractivity contribution in [2.24, 2.45) is 5.92 Å². The maximum absolute atomic E-state index is 13.1. The molecular formula is C17H17BrN2O3. The van der Waals surface area contributed by atoms with E-state index in [9.17, 15) is 9.59 Å². The molecule has 3 heterocycles. The third kappa shape index (κ3) is 2.23. The van der Waals surface area contributed by atoms with E-state index in [4.69, 9.17) is 4.74 Å². The molecule has 4 unspecified atom stereocenters. The van der Waals surface area contributed by atoms with Crippen molar-refractivity contribution in [3.05, 3.63) is 41.4 Å². The fourth-order valence-corrected chi connectivity index (χ4v) is 4.48. The number of Topliss-reactive ketones (excluding diaryl/α,β-unsaturated/α-hetero) is 1. The number of likely N-dealkylation sites (N-methyl/N-ethyl adjacent to an activating group) is 1. The fraction of sp³-hybridized carbons (Fsp3) is 0.471. The first-order valence-corrected chi connectivity index (χ1v) is 8.76. The molecule has 1 aliphatic carbocycles. The lowest BCUT2D eigenvalue weighted by atomic mass is 9.78. The highest BCUT2D eigenvalue weighted by Gasteiger charge is 2.52. The molecule has 5 nitrogen and oxygen atoms in total. The van der Waals surface area contributed by atoms with Gasteiger partial charge in [0.1, 0.15) is 12.1 Å². The molecule has 1 fully saturated rings. The van der Waals surface area contributed by atoms with Crippen molar-refractivity contribution in [1.29, 1.82) is 0 Å². The molecule has 0 radical (unpaired) electrons. The Kier molecular flexibility index (Phi) is 3.52. The highest BCUT2D eigenvalue weighted by atomic mass is 79.9. The summed E-state index contributed by atoms with van der Waals surface area (Å²) in [4.78, 5) is 31.9. The zero-order valence-corrected chi connectivity index (χ0v) is 14.3. The number of fused-ring (bicyclic) bond motifs is 1. The molecule has 0 N–H and O–H groups in total. The predicted molar refractivity (Wildman–Crippen MR) is 86.7 cm³/mol. The molecule has 1 saturated carbocycles. The molecule has 1 aromatic heterocycles. The van der Waals surface area contributed by atoms with Gasteiger partial charge in [0, 0.05) is 18.1 Å². The fourth-order valence-electron chi connectivity index (χ4n) is 3.81. The maximum Gasteiger partial charge on any atom is 0.290 e. The number of pyridine rings is 1. The number of amides is 1. The van der Waals surface area contributed by atoms with Crippen LogP contribution in [0.4, 0.5) is 0 Å². The maximum atomic E-state index is 13.1. The summed E-state index contributed by atoms with van der Waals surface area (Å²) < 4.78 is 5.99. The third-order valence-electron chi connectivity index (χ3n) is 4.98. The van der Waals surface area contributed by atoms with Gasteiger partial charge in [-0.05, 0) is 31.4 Å². The summed E-state index contributed by atoms with van der Waals surface area (Å²) in [7, 11) is 1.70. The summed E-state index contributed by atoms with van der Waals surface area (Å²) in [5.41, 5.74) is 1.19. The number of aromatic nitrogens is 1. The number of ether oxygens (including phenoxy) is 1. The molecule has 2 aliphatic heterocycles. The Morgan fingerprint density at radius 2 is 2.13 bits per heavy atom. The van der Waals surface area contributed by atoms with Gasteiger partial charge in [-0.15, -0.1) is 0 Å². The van der Waals surface area contributed by atoms with E-state index in [2.05, 4.69) is 20.9 Å². The average Bonchev–Trinajstić information content (AvgIpc) is 2.81. The highest BCUT2D eigenvalue weighted by Crippen LogP contribution is 2.46. The molecule has 120 valence electrons. The minimum atomic E-state index is -0.442. The van der Waals surface area contributed by atoms with E-state index in [1.165, 1.54) is 0 Å². The number of alkyl halides is 1. The predicted octanol–water partition coefficient (Wildman–Crippen LogP) is 2.38. The summed E-state index contributed by atoms with van der Waals surface area (Å²) in [6.45, 7) is 0. The van der Waals surface area contributed by atoms with Gasteiger partial charge in [0.2, 0.25) is 0 Å². The molecule has 6 heteroatoms. The highest BCUT2D eigenvalue weighted by molar-refractivity contribution is 9.09. The molecule has 0 saturated heterocycles. The minimum Gasteiger partial charge on any atom is -0.483 e. The van der Waals surface area contributed by atoms with Gasteiger partial charge in [0.05, 0.1) is 17.2 Å². The van der Waals surface area contributed by atoms with Crippen LogP contribution in [0.15, 0.2) is 35.7 Å². The Morgan fingerprint density at radius 3 is 2.87 bits per heavy atom. The Bertz CT molecular complexity index is 703. The Hall–Kier alpha value is -1.69.